The zero-order valence-corrected chi connectivity index (χ0v) is 13.2. The van der Waals surface area contributed by atoms with Gasteiger partial charge in [0.1, 0.15) is 0 Å². The van der Waals surface area contributed by atoms with Crippen molar-refractivity contribution >= 4 is 0 Å². The minimum Gasteiger partial charge on any atom is -0.372 e. The van der Waals surface area contributed by atoms with E-state index in [4.69, 9.17) is 4.74 Å². The standard InChI is InChI=1S/C19H25NO/c1-4-21-19(16-11-6-5-7-12-16)18(20-3)14-17-13-9-8-10-15(17)2/h5-13,18-20H,4,14H2,1-3H3. The molecule has 0 saturated heterocycles. The van der Waals surface area contributed by atoms with E-state index in [1.54, 1.807) is 0 Å². The maximum Gasteiger partial charge on any atom is 0.0980 e. The van der Waals surface area contributed by atoms with Crippen molar-refractivity contribution in [3.8, 4) is 0 Å². The summed E-state index contributed by atoms with van der Waals surface area (Å²) < 4.78 is 6.03. The predicted octanol–water partition coefficient (Wildman–Crippen LogP) is 3.90. The van der Waals surface area contributed by atoms with Crippen LogP contribution in [-0.4, -0.2) is 19.7 Å². The van der Waals surface area contributed by atoms with Crippen LogP contribution in [0.2, 0.25) is 0 Å². The molecule has 2 aromatic rings. The van der Waals surface area contributed by atoms with Crippen molar-refractivity contribution in [2.45, 2.75) is 32.4 Å². The number of rotatable bonds is 7. The first-order valence-electron chi connectivity index (χ1n) is 7.64. The molecule has 2 atom stereocenters. The van der Waals surface area contributed by atoms with Gasteiger partial charge in [-0.3, -0.25) is 0 Å². The van der Waals surface area contributed by atoms with E-state index >= 15 is 0 Å². The molecule has 2 nitrogen and oxygen atoms in total. The van der Waals surface area contributed by atoms with Gasteiger partial charge in [0.2, 0.25) is 0 Å². The molecule has 2 heteroatoms. The lowest BCUT2D eigenvalue weighted by molar-refractivity contribution is 0.0352. The lowest BCUT2D eigenvalue weighted by atomic mass is 9.94. The van der Waals surface area contributed by atoms with Crippen LogP contribution >= 0.6 is 0 Å². The zero-order chi connectivity index (χ0) is 15.1. The summed E-state index contributed by atoms with van der Waals surface area (Å²) in [5.74, 6) is 0. The van der Waals surface area contributed by atoms with Crippen molar-refractivity contribution in [3.05, 3.63) is 71.3 Å². The molecule has 2 aromatic carbocycles. The molecule has 0 aliphatic rings. The van der Waals surface area contributed by atoms with Crippen LogP contribution < -0.4 is 5.32 Å². The Morgan fingerprint density at radius 3 is 2.29 bits per heavy atom. The summed E-state index contributed by atoms with van der Waals surface area (Å²) in [6, 6.07) is 19.3. The Morgan fingerprint density at radius 2 is 1.67 bits per heavy atom. The van der Waals surface area contributed by atoms with Crippen molar-refractivity contribution in [3.63, 3.8) is 0 Å². The smallest absolute Gasteiger partial charge is 0.0980 e. The van der Waals surface area contributed by atoms with E-state index in [1.807, 2.05) is 13.1 Å². The van der Waals surface area contributed by atoms with Gasteiger partial charge in [-0.1, -0.05) is 54.6 Å². The summed E-state index contributed by atoms with van der Waals surface area (Å²) in [5, 5.41) is 3.44. The molecule has 0 fully saturated rings. The second-order valence-corrected chi connectivity index (χ2v) is 5.31. The summed E-state index contributed by atoms with van der Waals surface area (Å²) in [6.07, 6.45) is 1.03. The Balaban J connectivity index is 2.22. The topological polar surface area (TPSA) is 21.3 Å². The molecular formula is C19H25NO. The molecule has 1 N–H and O–H groups in total. The molecule has 0 spiro atoms. The van der Waals surface area contributed by atoms with Gasteiger partial charge >= 0.3 is 0 Å². The molecule has 0 radical (unpaired) electrons. The lowest BCUT2D eigenvalue weighted by Gasteiger charge is -2.28. The Labute approximate surface area is 128 Å². The quantitative estimate of drug-likeness (QED) is 0.832. The van der Waals surface area contributed by atoms with E-state index < -0.39 is 0 Å². The normalized spacial score (nSPS) is 13.9. The molecule has 0 aliphatic heterocycles. The summed E-state index contributed by atoms with van der Waals surface area (Å²) in [6.45, 7) is 4.93. The number of aryl methyl sites for hydroxylation is 1. The van der Waals surface area contributed by atoms with Crippen LogP contribution in [-0.2, 0) is 11.2 Å². The molecule has 112 valence electrons. The van der Waals surface area contributed by atoms with Gasteiger partial charge in [0.25, 0.3) is 0 Å². The Morgan fingerprint density at radius 1 is 1.00 bits per heavy atom. The summed E-state index contributed by atoms with van der Waals surface area (Å²) >= 11 is 0. The van der Waals surface area contributed by atoms with E-state index in [-0.39, 0.29) is 12.1 Å². The van der Waals surface area contributed by atoms with Crippen molar-refractivity contribution in [2.24, 2.45) is 0 Å². The average molecular weight is 283 g/mol. The average Bonchev–Trinajstić information content (AvgIpc) is 2.53. The van der Waals surface area contributed by atoms with Crippen LogP contribution in [0.5, 0.6) is 0 Å². The molecule has 0 aliphatic carbocycles. The van der Waals surface area contributed by atoms with E-state index in [0.29, 0.717) is 6.61 Å². The lowest BCUT2D eigenvalue weighted by Crippen LogP contribution is -2.36. The Bertz CT molecular complexity index is 538. The van der Waals surface area contributed by atoms with Crippen molar-refractivity contribution in [1.29, 1.82) is 0 Å². The van der Waals surface area contributed by atoms with Gasteiger partial charge in [0, 0.05) is 12.6 Å². The molecular weight excluding hydrogens is 258 g/mol. The monoisotopic (exact) mass is 283 g/mol. The number of hydrogen-bond donors (Lipinski definition) is 1. The van der Waals surface area contributed by atoms with Crippen LogP contribution in [0.4, 0.5) is 0 Å². The fraction of sp³-hybridized carbons (Fsp3) is 0.368. The minimum atomic E-state index is 0.0702. The largest absolute Gasteiger partial charge is 0.372 e. The van der Waals surface area contributed by atoms with Crippen LogP contribution in [0, 0.1) is 6.92 Å². The molecule has 0 aromatic heterocycles. The van der Waals surface area contributed by atoms with Crippen molar-refractivity contribution < 1.29 is 4.74 Å². The molecule has 0 heterocycles. The highest BCUT2D eigenvalue weighted by Gasteiger charge is 2.22. The molecule has 21 heavy (non-hydrogen) atoms. The Kier molecular flexibility index (Phi) is 5.97. The summed E-state index contributed by atoms with van der Waals surface area (Å²) in [7, 11) is 2.01. The molecule has 2 unspecified atom stereocenters. The first-order chi connectivity index (χ1) is 10.3. The third-order valence-electron chi connectivity index (χ3n) is 3.91. The highest BCUT2D eigenvalue weighted by atomic mass is 16.5. The molecule has 0 bridgehead atoms. The number of benzene rings is 2. The van der Waals surface area contributed by atoms with E-state index in [9.17, 15) is 0 Å². The van der Waals surface area contributed by atoms with Gasteiger partial charge in [0.15, 0.2) is 0 Å². The fourth-order valence-corrected chi connectivity index (χ4v) is 2.70. The van der Waals surface area contributed by atoms with E-state index in [2.05, 4.69) is 67.7 Å². The summed E-state index contributed by atoms with van der Waals surface area (Å²) in [4.78, 5) is 0. The van der Waals surface area contributed by atoms with Gasteiger partial charge in [-0.25, -0.2) is 0 Å². The van der Waals surface area contributed by atoms with Crippen molar-refractivity contribution in [2.75, 3.05) is 13.7 Å². The highest BCUT2D eigenvalue weighted by molar-refractivity contribution is 5.28. The number of hydrogen-bond acceptors (Lipinski definition) is 2. The van der Waals surface area contributed by atoms with Crippen LogP contribution in [0.1, 0.15) is 29.7 Å². The van der Waals surface area contributed by atoms with Gasteiger partial charge < -0.3 is 10.1 Å². The molecule has 2 rings (SSSR count). The fourth-order valence-electron chi connectivity index (χ4n) is 2.70. The second kappa shape index (κ2) is 7.96. The molecule has 0 saturated carbocycles. The number of likely N-dealkylation sites (N-methyl/N-ethyl adjacent to an activating group) is 1. The predicted molar refractivity (Wildman–Crippen MR) is 88.5 cm³/mol. The van der Waals surface area contributed by atoms with Gasteiger partial charge in [0.05, 0.1) is 6.10 Å². The van der Waals surface area contributed by atoms with Gasteiger partial charge in [-0.2, -0.15) is 0 Å². The molecule has 0 amide bonds. The number of nitrogens with one attached hydrogen (secondary N) is 1. The van der Waals surface area contributed by atoms with Crippen LogP contribution in [0.25, 0.3) is 0 Å². The SMILES string of the molecule is CCOC(c1ccccc1)C(Cc1ccccc1C)NC. The maximum absolute atomic E-state index is 6.03. The third kappa shape index (κ3) is 4.16. The van der Waals surface area contributed by atoms with Gasteiger partial charge in [-0.05, 0) is 44.0 Å². The summed E-state index contributed by atoms with van der Waals surface area (Å²) in [5.41, 5.74) is 3.94. The van der Waals surface area contributed by atoms with Crippen molar-refractivity contribution in [1.82, 2.24) is 5.32 Å². The van der Waals surface area contributed by atoms with E-state index in [0.717, 1.165) is 6.42 Å². The third-order valence-corrected chi connectivity index (χ3v) is 3.91. The van der Waals surface area contributed by atoms with E-state index in [1.165, 1.54) is 16.7 Å². The van der Waals surface area contributed by atoms with Crippen LogP contribution in [0.3, 0.4) is 0 Å². The minimum absolute atomic E-state index is 0.0702. The first kappa shape index (κ1) is 15.7. The Hall–Kier alpha value is -1.64. The zero-order valence-electron chi connectivity index (χ0n) is 13.2. The van der Waals surface area contributed by atoms with Gasteiger partial charge in [-0.15, -0.1) is 0 Å². The first-order valence-corrected chi connectivity index (χ1v) is 7.64. The second-order valence-electron chi connectivity index (χ2n) is 5.31. The highest BCUT2D eigenvalue weighted by Crippen LogP contribution is 2.24. The maximum atomic E-state index is 6.03. The van der Waals surface area contributed by atoms with Crippen LogP contribution in [0.15, 0.2) is 54.6 Å². The number of ether oxygens (including phenoxy) is 1.